The number of nitrogens with zero attached hydrogens (tertiary/aromatic N) is 3. The van der Waals surface area contributed by atoms with Crippen molar-refractivity contribution < 1.29 is 13.6 Å². The average Bonchev–Trinajstić information content (AvgIpc) is 3.35. The van der Waals surface area contributed by atoms with E-state index < -0.39 is 0 Å². The van der Waals surface area contributed by atoms with Crippen LogP contribution in [0.15, 0.2) is 46.6 Å². The minimum atomic E-state index is -0.355. The molecule has 1 aliphatic rings. The highest BCUT2D eigenvalue weighted by Gasteiger charge is 2.39. The van der Waals surface area contributed by atoms with Crippen molar-refractivity contribution in [2.75, 3.05) is 13.1 Å². The molecule has 1 unspecified atom stereocenters. The molecular formula is C20H20FN3O2S. The first kappa shape index (κ1) is 17.9. The second-order valence-electron chi connectivity index (χ2n) is 7.16. The van der Waals surface area contributed by atoms with E-state index >= 15 is 0 Å². The summed E-state index contributed by atoms with van der Waals surface area (Å²) in [5, 5.41) is 0. The van der Waals surface area contributed by atoms with Crippen LogP contribution in [-0.2, 0) is 11.8 Å². The molecule has 3 aromatic rings. The minimum absolute atomic E-state index is 0.00145. The number of halogens is 1. The number of thiazole rings is 1. The van der Waals surface area contributed by atoms with Crippen molar-refractivity contribution in [2.45, 2.75) is 31.6 Å². The number of amides is 1. The quantitative estimate of drug-likeness (QED) is 0.680. The van der Waals surface area contributed by atoms with E-state index in [1.807, 2.05) is 4.90 Å². The van der Waals surface area contributed by atoms with E-state index in [9.17, 15) is 9.18 Å². The van der Waals surface area contributed by atoms with Gasteiger partial charge in [-0.15, -0.1) is 11.3 Å². The first-order valence-electron chi connectivity index (χ1n) is 8.91. The van der Waals surface area contributed by atoms with Crippen LogP contribution in [0.25, 0.3) is 0 Å². The molecule has 0 N–H and O–H groups in total. The Morgan fingerprint density at radius 3 is 3.00 bits per heavy atom. The first-order chi connectivity index (χ1) is 13.0. The molecule has 0 saturated carbocycles. The Morgan fingerprint density at radius 2 is 2.22 bits per heavy atom. The van der Waals surface area contributed by atoms with Gasteiger partial charge in [0.2, 0.25) is 5.89 Å². The van der Waals surface area contributed by atoms with Crippen LogP contribution >= 0.6 is 11.3 Å². The van der Waals surface area contributed by atoms with Crippen LogP contribution < -0.4 is 0 Å². The van der Waals surface area contributed by atoms with Gasteiger partial charge in [-0.2, -0.15) is 0 Å². The summed E-state index contributed by atoms with van der Waals surface area (Å²) in [7, 11) is 0. The summed E-state index contributed by atoms with van der Waals surface area (Å²) in [6.07, 6.45) is 5.40. The number of piperidine rings is 1. The lowest BCUT2D eigenvalue weighted by molar-refractivity contribution is 0.0630. The molecule has 1 aromatic carbocycles. The fourth-order valence-corrected chi connectivity index (χ4v) is 4.15. The highest BCUT2D eigenvalue weighted by atomic mass is 32.1. The average molecular weight is 385 g/mol. The van der Waals surface area contributed by atoms with Crippen LogP contribution in [0.2, 0.25) is 0 Å². The molecule has 1 amide bonds. The van der Waals surface area contributed by atoms with E-state index in [0.29, 0.717) is 35.1 Å². The molecule has 140 valence electrons. The Bertz CT molecular complexity index is 940. The molecule has 1 atom stereocenters. The van der Waals surface area contributed by atoms with Crippen LogP contribution in [0.1, 0.15) is 46.7 Å². The Morgan fingerprint density at radius 1 is 1.37 bits per heavy atom. The van der Waals surface area contributed by atoms with Gasteiger partial charge in [0.15, 0.2) is 0 Å². The summed E-state index contributed by atoms with van der Waals surface area (Å²) in [5.74, 6) is 0.986. The van der Waals surface area contributed by atoms with Crippen molar-refractivity contribution in [1.29, 1.82) is 0 Å². The van der Waals surface area contributed by atoms with Gasteiger partial charge in [-0.25, -0.2) is 9.37 Å². The molecule has 1 aliphatic heterocycles. The third kappa shape index (κ3) is 3.64. The molecule has 1 fully saturated rings. The number of rotatable bonds is 4. The van der Waals surface area contributed by atoms with Gasteiger partial charge < -0.3 is 9.32 Å². The third-order valence-corrected chi connectivity index (χ3v) is 5.78. The summed E-state index contributed by atoms with van der Waals surface area (Å²) in [5.41, 5.74) is 1.89. The minimum Gasteiger partial charge on any atom is -0.445 e. The van der Waals surface area contributed by atoms with Crippen molar-refractivity contribution in [1.82, 2.24) is 14.9 Å². The molecular weight excluding hydrogens is 365 g/mol. The van der Waals surface area contributed by atoms with Gasteiger partial charge in [0.1, 0.15) is 16.5 Å². The maximum atomic E-state index is 13.9. The van der Waals surface area contributed by atoms with Crippen molar-refractivity contribution in [3.63, 3.8) is 0 Å². The smallest absolute Gasteiger partial charge is 0.265 e. The SMILES string of the molecule is CC1(c2ncc(Cc3ccccc3F)o2)CCCN(C(=O)c2cncs2)C1. The van der Waals surface area contributed by atoms with E-state index in [-0.39, 0.29) is 17.1 Å². The second kappa shape index (κ2) is 7.23. The summed E-state index contributed by atoms with van der Waals surface area (Å²) < 4.78 is 19.9. The summed E-state index contributed by atoms with van der Waals surface area (Å²) in [4.78, 5) is 23.6. The van der Waals surface area contributed by atoms with Crippen LogP contribution in [0.3, 0.4) is 0 Å². The van der Waals surface area contributed by atoms with Gasteiger partial charge in [-0.05, 0) is 31.4 Å². The first-order valence-corrected chi connectivity index (χ1v) is 9.79. The molecule has 4 rings (SSSR count). The van der Waals surface area contributed by atoms with E-state index in [4.69, 9.17) is 4.42 Å². The fraction of sp³-hybridized carbons (Fsp3) is 0.350. The Balaban J connectivity index is 1.51. The Labute approximate surface area is 160 Å². The van der Waals surface area contributed by atoms with Gasteiger partial charge in [0.05, 0.1) is 23.3 Å². The number of oxazole rings is 1. The highest BCUT2D eigenvalue weighted by molar-refractivity contribution is 7.11. The zero-order valence-electron chi connectivity index (χ0n) is 15.0. The van der Waals surface area contributed by atoms with Crippen molar-refractivity contribution in [3.05, 3.63) is 70.1 Å². The molecule has 3 heterocycles. The molecule has 7 heteroatoms. The third-order valence-electron chi connectivity index (χ3n) is 5.02. The van der Waals surface area contributed by atoms with E-state index in [2.05, 4.69) is 16.9 Å². The molecule has 27 heavy (non-hydrogen) atoms. The Kier molecular flexibility index (Phi) is 4.78. The lowest BCUT2D eigenvalue weighted by atomic mass is 9.81. The molecule has 0 aliphatic carbocycles. The molecule has 2 aromatic heterocycles. The van der Waals surface area contributed by atoms with Crippen LogP contribution in [0.5, 0.6) is 0 Å². The van der Waals surface area contributed by atoms with Crippen LogP contribution in [0.4, 0.5) is 4.39 Å². The Hall–Kier alpha value is -2.54. The topological polar surface area (TPSA) is 59.2 Å². The zero-order chi connectivity index (χ0) is 18.9. The zero-order valence-corrected chi connectivity index (χ0v) is 15.8. The number of likely N-dealkylation sites (tertiary alicyclic amines) is 1. The van der Waals surface area contributed by atoms with Gasteiger partial charge in [-0.3, -0.25) is 9.78 Å². The number of hydrogen-bond donors (Lipinski definition) is 0. The number of hydrogen-bond acceptors (Lipinski definition) is 5. The summed E-state index contributed by atoms with van der Waals surface area (Å²) >= 11 is 1.35. The normalized spacial score (nSPS) is 20.0. The largest absolute Gasteiger partial charge is 0.445 e. The van der Waals surface area contributed by atoms with Crippen molar-refractivity contribution in [2.24, 2.45) is 0 Å². The lowest BCUT2D eigenvalue weighted by Gasteiger charge is -2.38. The molecule has 0 spiro atoms. The lowest BCUT2D eigenvalue weighted by Crippen LogP contribution is -2.47. The molecule has 0 radical (unpaired) electrons. The molecule has 5 nitrogen and oxygen atoms in total. The predicted octanol–water partition coefficient (Wildman–Crippen LogP) is 4.05. The van der Waals surface area contributed by atoms with E-state index in [0.717, 1.165) is 19.4 Å². The maximum Gasteiger partial charge on any atom is 0.265 e. The van der Waals surface area contributed by atoms with Crippen molar-refractivity contribution >= 4 is 17.2 Å². The number of benzene rings is 1. The van der Waals surface area contributed by atoms with Gasteiger partial charge in [0, 0.05) is 19.5 Å². The van der Waals surface area contributed by atoms with E-state index in [1.165, 1.54) is 17.4 Å². The molecule has 0 bridgehead atoms. The number of carbonyl (C=O) groups excluding carboxylic acids is 1. The monoisotopic (exact) mass is 385 g/mol. The summed E-state index contributed by atoms with van der Waals surface area (Å²) in [6, 6.07) is 6.66. The van der Waals surface area contributed by atoms with E-state index in [1.54, 1.807) is 36.1 Å². The van der Waals surface area contributed by atoms with Crippen LogP contribution in [0, 0.1) is 5.82 Å². The highest BCUT2D eigenvalue weighted by Crippen LogP contribution is 2.34. The second-order valence-corrected chi connectivity index (χ2v) is 8.04. The molecule has 1 saturated heterocycles. The van der Waals surface area contributed by atoms with Gasteiger partial charge >= 0.3 is 0 Å². The maximum absolute atomic E-state index is 13.9. The van der Waals surface area contributed by atoms with Gasteiger partial charge in [0.25, 0.3) is 5.91 Å². The predicted molar refractivity (Wildman–Crippen MR) is 100 cm³/mol. The van der Waals surface area contributed by atoms with Crippen molar-refractivity contribution in [3.8, 4) is 0 Å². The number of aromatic nitrogens is 2. The number of carbonyl (C=O) groups is 1. The standard InChI is InChI=1S/C20H20FN3O2S/c1-20(7-4-8-24(12-20)18(25)17-11-22-13-27-17)19-23-10-15(26-19)9-14-5-2-3-6-16(14)21/h2-3,5-6,10-11,13H,4,7-9,12H2,1H3. The fourth-order valence-electron chi connectivity index (χ4n) is 3.56. The summed E-state index contributed by atoms with van der Waals surface area (Å²) in [6.45, 7) is 3.33. The van der Waals surface area contributed by atoms with Gasteiger partial charge in [-0.1, -0.05) is 18.2 Å². The van der Waals surface area contributed by atoms with Crippen LogP contribution in [-0.4, -0.2) is 33.9 Å².